The van der Waals surface area contributed by atoms with Gasteiger partial charge in [-0.15, -0.1) is 12.4 Å². The van der Waals surface area contributed by atoms with Gasteiger partial charge in [-0.05, 0) is 43.7 Å². The van der Waals surface area contributed by atoms with E-state index >= 15 is 0 Å². The minimum Gasteiger partial charge on any atom is -0.338 e. The van der Waals surface area contributed by atoms with Crippen molar-refractivity contribution < 1.29 is 4.39 Å². The monoisotopic (exact) mass is 431 g/mol. The zero-order chi connectivity index (χ0) is 19.7. The van der Waals surface area contributed by atoms with Crippen LogP contribution in [0.2, 0.25) is 5.02 Å². The van der Waals surface area contributed by atoms with Crippen molar-refractivity contribution in [1.82, 2.24) is 19.4 Å². The highest BCUT2D eigenvalue weighted by Gasteiger charge is 2.17. The third-order valence-electron chi connectivity index (χ3n) is 4.48. The van der Waals surface area contributed by atoms with Crippen LogP contribution in [0.4, 0.5) is 15.9 Å². The second-order valence-electron chi connectivity index (χ2n) is 6.57. The molecule has 0 saturated heterocycles. The lowest BCUT2D eigenvalue weighted by Crippen LogP contribution is -1.97. The number of rotatable bonds is 5. The average Bonchev–Trinajstić information content (AvgIpc) is 3.05. The molecule has 0 atom stereocenters. The van der Waals surface area contributed by atoms with Gasteiger partial charge in [-0.25, -0.2) is 14.4 Å². The first-order valence-corrected chi connectivity index (χ1v) is 9.45. The van der Waals surface area contributed by atoms with E-state index in [0.29, 0.717) is 22.2 Å². The molecule has 0 aromatic carbocycles. The maximum absolute atomic E-state index is 14.2. The van der Waals surface area contributed by atoms with Crippen molar-refractivity contribution in [2.24, 2.45) is 0 Å². The molecule has 1 N–H and O–H groups in total. The molecule has 0 radical (unpaired) electrons. The van der Waals surface area contributed by atoms with E-state index in [0.717, 1.165) is 35.5 Å². The predicted molar refractivity (Wildman–Crippen MR) is 117 cm³/mol. The predicted octanol–water partition coefficient (Wildman–Crippen LogP) is 6.01. The van der Waals surface area contributed by atoms with E-state index in [1.54, 1.807) is 28.9 Å². The first-order valence-electron chi connectivity index (χ1n) is 9.08. The van der Waals surface area contributed by atoms with E-state index in [-0.39, 0.29) is 18.2 Å². The standard InChI is InChI=1S/C21H19ClFN5.ClH/c1-3-5-18-19(27-21-17(23)6-4-9-28(18)21)14-10-16(22)20(25-11-14)26-15-8-7-13(2)24-12-15;/h4,6-12H,3,5H2,1-2H3,(H,25,26);1H. The number of pyridine rings is 3. The number of aryl methyl sites for hydroxylation is 2. The van der Waals surface area contributed by atoms with Crippen molar-refractivity contribution in [3.05, 3.63) is 71.2 Å². The first kappa shape index (κ1) is 21.0. The van der Waals surface area contributed by atoms with Gasteiger partial charge < -0.3 is 9.72 Å². The maximum atomic E-state index is 14.2. The lowest BCUT2D eigenvalue weighted by molar-refractivity contribution is 0.629. The van der Waals surface area contributed by atoms with Crippen molar-refractivity contribution in [2.75, 3.05) is 5.32 Å². The van der Waals surface area contributed by atoms with E-state index in [2.05, 4.69) is 27.2 Å². The number of anilines is 2. The second kappa shape index (κ2) is 8.76. The fraction of sp³-hybridized carbons (Fsp3) is 0.190. The topological polar surface area (TPSA) is 55.1 Å². The Morgan fingerprint density at radius 1 is 1.17 bits per heavy atom. The van der Waals surface area contributed by atoms with E-state index in [4.69, 9.17) is 11.6 Å². The Labute approximate surface area is 179 Å². The molecule has 0 saturated carbocycles. The van der Waals surface area contributed by atoms with Crippen LogP contribution < -0.4 is 5.32 Å². The quantitative estimate of drug-likeness (QED) is 0.420. The number of nitrogens with zero attached hydrogens (tertiary/aromatic N) is 4. The summed E-state index contributed by atoms with van der Waals surface area (Å²) in [6, 6.07) is 8.72. The number of aromatic nitrogens is 4. The molecule has 5 nitrogen and oxygen atoms in total. The molecule has 8 heteroatoms. The van der Waals surface area contributed by atoms with Crippen LogP contribution >= 0.6 is 24.0 Å². The van der Waals surface area contributed by atoms with Crippen LogP contribution in [-0.4, -0.2) is 19.4 Å². The van der Waals surface area contributed by atoms with Crippen molar-refractivity contribution in [2.45, 2.75) is 26.7 Å². The van der Waals surface area contributed by atoms with E-state index in [1.807, 2.05) is 25.3 Å². The zero-order valence-corrected chi connectivity index (χ0v) is 17.6. The molecular weight excluding hydrogens is 412 g/mol. The van der Waals surface area contributed by atoms with E-state index in [9.17, 15) is 4.39 Å². The molecule has 4 rings (SSSR count). The second-order valence-corrected chi connectivity index (χ2v) is 6.98. The number of fused-ring (bicyclic) bond motifs is 1. The molecule has 4 aromatic rings. The summed E-state index contributed by atoms with van der Waals surface area (Å²) in [7, 11) is 0. The highest BCUT2D eigenvalue weighted by atomic mass is 35.5. The lowest BCUT2D eigenvalue weighted by atomic mass is 10.1. The van der Waals surface area contributed by atoms with E-state index in [1.165, 1.54) is 6.07 Å². The van der Waals surface area contributed by atoms with Crippen molar-refractivity contribution in [3.8, 4) is 11.3 Å². The summed E-state index contributed by atoms with van der Waals surface area (Å²) in [5, 5.41) is 3.62. The minimum absolute atomic E-state index is 0. The fourth-order valence-electron chi connectivity index (χ4n) is 3.13. The first-order chi connectivity index (χ1) is 13.6. The molecule has 0 bridgehead atoms. The zero-order valence-electron chi connectivity index (χ0n) is 16.0. The maximum Gasteiger partial charge on any atom is 0.173 e. The molecule has 150 valence electrons. The van der Waals surface area contributed by atoms with Gasteiger partial charge in [0.05, 0.1) is 28.3 Å². The van der Waals surface area contributed by atoms with Gasteiger partial charge in [0.15, 0.2) is 11.5 Å². The minimum atomic E-state index is -0.352. The molecule has 4 aromatic heterocycles. The SMILES string of the molecule is CCCc1c(-c2cnc(Nc3ccc(C)nc3)c(Cl)c2)nc2c(F)cccn12.Cl. The van der Waals surface area contributed by atoms with Gasteiger partial charge in [-0.3, -0.25) is 4.98 Å². The Kier molecular flexibility index (Phi) is 6.35. The van der Waals surface area contributed by atoms with Gasteiger partial charge in [0.25, 0.3) is 0 Å². The lowest BCUT2D eigenvalue weighted by Gasteiger charge is -2.09. The third-order valence-corrected chi connectivity index (χ3v) is 4.76. The Bertz CT molecular complexity index is 1140. The Morgan fingerprint density at radius 2 is 2.00 bits per heavy atom. The van der Waals surface area contributed by atoms with Gasteiger partial charge in [0, 0.05) is 23.7 Å². The average molecular weight is 432 g/mol. The van der Waals surface area contributed by atoms with Crippen LogP contribution in [0.5, 0.6) is 0 Å². The summed E-state index contributed by atoms with van der Waals surface area (Å²) >= 11 is 6.47. The highest BCUT2D eigenvalue weighted by Crippen LogP contribution is 2.31. The van der Waals surface area contributed by atoms with Crippen LogP contribution in [0, 0.1) is 12.7 Å². The van der Waals surface area contributed by atoms with Gasteiger partial charge >= 0.3 is 0 Å². The van der Waals surface area contributed by atoms with Crippen molar-refractivity contribution in [3.63, 3.8) is 0 Å². The van der Waals surface area contributed by atoms with Crippen molar-refractivity contribution >= 4 is 41.2 Å². The summed E-state index contributed by atoms with van der Waals surface area (Å²) in [5.74, 6) is 0.179. The molecule has 0 fully saturated rings. The smallest absolute Gasteiger partial charge is 0.173 e. The largest absolute Gasteiger partial charge is 0.338 e. The molecule has 0 aliphatic carbocycles. The van der Waals surface area contributed by atoms with Crippen LogP contribution in [0.15, 0.2) is 48.9 Å². The van der Waals surface area contributed by atoms with Crippen LogP contribution in [0.3, 0.4) is 0 Å². The number of nitrogens with one attached hydrogen (secondary N) is 1. The van der Waals surface area contributed by atoms with E-state index < -0.39 is 0 Å². The normalized spacial score (nSPS) is 10.8. The molecular formula is C21H20Cl2FN5. The van der Waals surface area contributed by atoms with Gasteiger partial charge in [0.2, 0.25) is 0 Å². The number of hydrogen-bond acceptors (Lipinski definition) is 4. The molecule has 0 amide bonds. The van der Waals surface area contributed by atoms with Gasteiger partial charge in [0.1, 0.15) is 5.82 Å². The molecule has 29 heavy (non-hydrogen) atoms. The van der Waals surface area contributed by atoms with Gasteiger partial charge in [-0.1, -0.05) is 24.9 Å². The molecule has 0 aliphatic heterocycles. The fourth-order valence-corrected chi connectivity index (χ4v) is 3.34. The molecule has 4 heterocycles. The Balaban J connectivity index is 0.00000240. The van der Waals surface area contributed by atoms with Crippen LogP contribution in [0.25, 0.3) is 16.9 Å². The summed E-state index contributed by atoms with van der Waals surface area (Å²) in [5.41, 5.74) is 4.44. The summed E-state index contributed by atoms with van der Waals surface area (Å²) < 4.78 is 16.0. The highest BCUT2D eigenvalue weighted by molar-refractivity contribution is 6.33. The summed E-state index contributed by atoms with van der Waals surface area (Å²) in [6.45, 7) is 4.01. The number of imidazole rings is 1. The molecule has 0 aliphatic rings. The summed E-state index contributed by atoms with van der Waals surface area (Å²) in [4.78, 5) is 13.2. The van der Waals surface area contributed by atoms with Gasteiger partial charge in [-0.2, -0.15) is 0 Å². The van der Waals surface area contributed by atoms with Crippen LogP contribution in [0.1, 0.15) is 24.7 Å². The molecule has 0 unspecified atom stereocenters. The molecule has 0 spiro atoms. The Hall–Kier alpha value is -2.70. The van der Waals surface area contributed by atoms with Crippen LogP contribution in [-0.2, 0) is 6.42 Å². The third kappa shape index (κ3) is 4.18. The number of halogens is 3. The number of hydrogen-bond donors (Lipinski definition) is 1. The van der Waals surface area contributed by atoms with Crippen molar-refractivity contribution in [1.29, 1.82) is 0 Å². The Morgan fingerprint density at radius 3 is 2.69 bits per heavy atom. The summed E-state index contributed by atoms with van der Waals surface area (Å²) in [6.07, 6.45) is 6.95.